The Morgan fingerprint density at radius 1 is 1.24 bits per heavy atom. The molecule has 1 aliphatic rings. The molecule has 2 amide bonds. The molecule has 17 heavy (non-hydrogen) atoms. The number of hydrogen-bond acceptors (Lipinski definition) is 3. The topological polar surface area (TPSA) is 52.7 Å². The summed E-state index contributed by atoms with van der Waals surface area (Å²) in [5.41, 5.74) is 0. The van der Waals surface area contributed by atoms with Gasteiger partial charge in [0.05, 0.1) is 0 Å². The minimum atomic E-state index is -4.79. The van der Waals surface area contributed by atoms with Gasteiger partial charge in [0.2, 0.25) is 6.41 Å². The third-order valence-corrected chi connectivity index (χ3v) is 2.56. The van der Waals surface area contributed by atoms with Crippen LogP contribution in [-0.2, 0) is 9.59 Å². The average molecular weight is 253 g/mol. The lowest BCUT2D eigenvalue weighted by Gasteiger charge is -2.34. The Kier molecular flexibility index (Phi) is 4.73. The van der Waals surface area contributed by atoms with Crippen molar-refractivity contribution >= 4 is 12.3 Å². The molecule has 98 valence electrons. The van der Waals surface area contributed by atoms with Crippen LogP contribution < -0.4 is 5.32 Å². The highest BCUT2D eigenvalue weighted by atomic mass is 19.4. The Labute approximate surface area is 96.5 Å². The first-order valence-corrected chi connectivity index (χ1v) is 5.20. The number of amides is 2. The summed E-state index contributed by atoms with van der Waals surface area (Å²) in [6.07, 6.45) is -4.22. The van der Waals surface area contributed by atoms with Crippen molar-refractivity contribution in [3.8, 4) is 0 Å². The average Bonchev–Trinajstić information content (AvgIpc) is 2.28. The van der Waals surface area contributed by atoms with Crippen LogP contribution >= 0.6 is 0 Å². The maximum Gasteiger partial charge on any atom is 0.471 e. The van der Waals surface area contributed by atoms with Crippen molar-refractivity contribution in [1.82, 2.24) is 15.1 Å². The van der Waals surface area contributed by atoms with Crippen LogP contribution in [0, 0.1) is 0 Å². The van der Waals surface area contributed by atoms with E-state index in [0.29, 0.717) is 32.6 Å². The summed E-state index contributed by atoms with van der Waals surface area (Å²) in [6.45, 7) is 1.95. The van der Waals surface area contributed by atoms with Gasteiger partial charge < -0.3 is 10.2 Å². The summed E-state index contributed by atoms with van der Waals surface area (Å²) in [4.78, 5) is 23.6. The zero-order chi connectivity index (χ0) is 12.9. The molecule has 0 unspecified atom stereocenters. The van der Waals surface area contributed by atoms with Crippen LogP contribution in [0.25, 0.3) is 0 Å². The van der Waals surface area contributed by atoms with Crippen molar-refractivity contribution in [3.63, 3.8) is 0 Å². The third kappa shape index (κ3) is 4.22. The minimum absolute atomic E-state index is 0.0689. The van der Waals surface area contributed by atoms with Crippen molar-refractivity contribution in [2.24, 2.45) is 0 Å². The van der Waals surface area contributed by atoms with E-state index in [1.54, 1.807) is 0 Å². The van der Waals surface area contributed by atoms with E-state index in [9.17, 15) is 22.8 Å². The number of rotatable bonds is 4. The highest BCUT2D eigenvalue weighted by molar-refractivity contribution is 5.81. The van der Waals surface area contributed by atoms with E-state index >= 15 is 0 Å². The first kappa shape index (κ1) is 13.8. The van der Waals surface area contributed by atoms with E-state index < -0.39 is 12.1 Å². The smallest absolute Gasteiger partial charge is 0.357 e. The van der Waals surface area contributed by atoms with E-state index in [0.717, 1.165) is 4.90 Å². The van der Waals surface area contributed by atoms with Gasteiger partial charge in [-0.1, -0.05) is 0 Å². The lowest BCUT2D eigenvalue weighted by atomic mass is 10.3. The van der Waals surface area contributed by atoms with Gasteiger partial charge in [-0.25, -0.2) is 0 Å². The second kappa shape index (κ2) is 5.85. The highest BCUT2D eigenvalue weighted by Gasteiger charge is 2.43. The predicted molar refractivity (Wildman–Crippen MR) is 53.1 cm³/mol. The molecule has 1 saturated heterocycles. The van der Waals surface area contributed by atoms with Crippen molar-refractivity contribution in [3.05, 3.63) is 0 Å². The van der Waals surface area contributed by atoms with Crippen LogP contribution in [0.2, 0.25) is 0 Å². The van der Waals surface area contributed by atoms with Crippen molar-refractivity contribution < 1.29 is 22.8 Å². The lowest BCUT2D eigenvalue weighted by molar-refractivity contribution is -0.187. The van der Waals surface area contributed by atoms with Gasteiger partial charge in [0, 0.05) is 39.3 Å². The van der Waals surface area contributed by atoms with Gasteiger partial charge in [-0.3, -0.25) is 14.5 Å². The molecular weight excluding hydrogens is 239 g/mol. The fraction of sp³-hybridized carbons (Fsp3) is 0.778. The van der Waals surface area contributed by atoms with E-state index in [2.05, 4.69) is 5.32 Å². The zero-order valence-corrected chi connectivity index (χ0v) is 9.16. The molecule has 1 rings (SSSR count). The first-order valence-electron chi connectivity index (χ1n) is 5.20. The fourth-order valence-corrected chi connectivity index (χ4v) is 1.64. The van der Waals surface area contributed by atoms with Gasteiger partial charge in [-0.15, -0.1) is 0 Å². The van der Waals surface area contributed by atoms with Gasteiger partial charge >= 0.3 is 12.1 Å². The van der Waals surface area contributed by atoms with Crippen molar-refractivity contribution in [1.29, 1.82) is 0 Å². The van der Waals surface area contributed by atoms with E-state index in [1.165, 1.54) is 0 Å². The third-order valence-electron chi connectivity index (χ3n) is 2.56. The number of carbonyl (C=O) groups is 2. The van der Waals surface area contributed by atoms with Crippen LogP contribution in [0.3, 0.4) is 0 Å². The zero-order valence-electron chi connectivity index (χ0n) is 9.16. The van der Waals surface area contributed by atoms with Gasteiger partial charge in [-0.2, -0.15) is 13.2 Å². The molecule has 0 saturated carbocycles. The molecule has 5 nitrogen and oxygen atoms in total. The molecule has 1 heterocycles. The molecule has 0 aromatic rings. The summed E-state index contributed by atoms with van der Waals surface area (Å²) in [7, 11) is 0. The van der Waals surface area contributed by atoms with Crippen LogP contribution in [0.5, 0.6) is 0 Å². The van der Waals surface area contributed by atoms with Crippen LogP contribution in [-0.4, -0.2) is 67.6 Å². The molecule has 0 aromatic heterocycles. The Morgan fingerprint density at radius 2 is 1.82 bits per heavy atom. The molecular formula is C9H14F3N3O2. The summed E-state index contributed by atoms with van der Waals surface area (Å²) in [5.74, 6) is -1.77. The Bertz CT molecular complexity index is 275. The van der Waals surface area contributed by atoms with E-state index in [4.69, 9.17) is 0 Å². The number of piperazine rings is 1. The molecule has 0 spiro atoms. The number of carbonyl (C=O) groups excluding carboxylic acids is 2. The molecule has 0 radical (unpaired) electrons. The summed E-state index contributed by atoms with van der Waals surface area (Å²) >= 11 is 0. The quantitative estimate of drug-likeness (QED) is 0.539. The van der Waals surface area contributed by atoms with Gasteiger partial charge in [-0.05, 0) is 0 Å². The number of alkyl halides is 3. The molecule has 1 N–H and O–H groups in total. The number of nitrogens with zero attached hydrogens (tertiary/aromatic N) is 2. The Morgan fingerprint density at radius 3 is 2.29 bits per heavy atom. The Hall–Kier alpha value is -1.31. The predicted octanol–water partition coefficient (Wildman–Crippen LogP) is -0.561. The molecule has 8 heteroatoms. The van der Waals surface area contributed by atoms with E-state index in [1.807, 2.05) is 4.90 Å². The summed E-state index contributed by atoms with van der Waals surface area (Å²) < 4.78 is 36.4. The summed E-state index contributed by atoms with van der Waals surface area (Å²) in [5, 5.41) is 2.47. The van der Waals surface area contributed by atoms with Gasteiger partial charge in [0.25, 0.3) is 0 Å². The molecule has 0 aliphatic carbocycles. The maximum atomic E-state index is 12.1. The van der Waals surface area contributed by atoms with Crippen LogP contribution in [0.4, 0.5) is 13.2 Å². The molecule has 1 fully saturated rings. The lowest BCUT2D eigenvalue weighted by Crippen LogP contribution is -2.53. The van der Waals surface area contributed by atoms with Crippen LogP contribution in [0.15, 0.2) is 0 Å². The van der Waals surface area contributed by atoms with Crippen molar-refractivity contribution in [2.45, 2.75) is 6.18 Å². The number of nitrogens with one attached hydrogen (secondary N) is 1. The van der Waals surface area contributed by atoms with Gasteiger partial charge in [0.1, 0.15) is 0 Å². The second-order valence-corrected chi connectivity index (χ2v) is 3.70. The monoisotopic (exact) mass is 253 g/mol. The number of halogens is 3. The minimum Gasteiger partial charge on any atom is -0.357 e. The molecule has 1 aliphatic heterocycles. The molecule has 0 aromatic carbocycles. The van der Waals surface area contributed by atoms with Gasteiger partial charge in [0.15, 0.2) is 0 Å². The highest BCUT2D eigenvalue weighted by Crippen LogP contribution is 2.19. The van der Waals surface area contributed by atoms with E-state index in [-0.39, 0.29) is 13.1 Å². The molecule has 0 atom stereocenters. The number of hydrogen-bond donors (Lipinski definition) is 1. The Balaban J connectivity index is 2.30. The largest absolute Gasteiger partial charge is 0.471 e. The SMILES string of the molecule is O=CNCCN1CCN(C(=O)C(F)(F)F)CC1. The maximum absolute atomic E-state index is 12.1. The second-order valence-electron chi connectivity index (χ2n) is 3.70. The van der Waals surface area contributed by atoms with Crippen LogP contribution in [0.1, 0.15) is 0 Å². The first-order chi connectivity index (χ1) is 7.95. The molecule has 0 bridgehead atoms. The normalized spacial score (nSPS) is 17.9. The standard InChI is InChI=1S/C9H14F3N3O2/c10-9(11,12)8(17)15-5-3-14(4-6-15)2-1-13-7-16/h7H,1-6H2,(H,13,16). The fourth-order valence-electron chi connectivity index (χ4n) is 1.64. The summed E-state index contributed by atoms with van der Waals surface area (Å²) in [6, 6.07) is 0. The van der Waals surface area contributed by atoms with Crippen molar-refractivity contribution in [2.75, 3.05) is 39.3 Å².